The minimum absolute atomic E-state index is 0.0127. The van der Waals surface area contributed by atoms with Crippen molar-refractivity contribution in [3.05, 3.63) is 0 Å². The minimum Gasteiger partial charge on any atom is -0.368 e. The summed E-state index contributed by atoms with van der Waals surface area (Å²) in [5, 5.41) is 3.77. The molecule has 0 aromatic heterocycles. The fraction of sp³-hybridized carbons (Fsp3) is 1.00. The number of rotatable bonds is 6. The number of hydrogen-bond acceptors (Lipinski definition) is 2. The lowest BCUT2D eigenvalue weighted by molar-refractivity contribution is -0.0704. The second-order valence-corrected chi connectivity index (χ2v) is 7.61. The van der Waals surface area contributed by atoms with E-state index in [4.69, 9.17) is 4.74 Å². The maximum absolute atomic E-state index is 6.13. The molecule has 0 saturated carbocycles. The van der Waals surface area contributed by atoms with Gasteiger partial charge in [-0.1, -0.05) is 26.7 Å². The molecule has 2 unspecified atom stereocenters. The smallest absolute Gasteiger partial charge is 0.0787 e. The van der Waals surface area contributed by atoms with E-state index in [9.17, 15) is 0 Å². The first-order chi connectivity index (χ1) is 8.12. The molecule has 108 valence electrons. The molecule has 1 aliphatic heterocycles. The highest BCUT2D eigenvalue weighted by atomic mass is 16.5. The van der Waals surface area contributed by atoms with Crippen LogP contribution >= 0.6 is 0 Å². The van der Waals surface area contributed by atoms with Gasteiger partial charge in [0.1, 0.15) is 0 Å². The van der Waals surface area contributed by atoms with Gasteiger partial charge in [0, 0.05) is 12.1 Å². The Hall–Kier alpha value is -0.0800. The Kier molecular flexibility index (Phi) is 5.25. The molecule has 0 aliphatic carbocycles. The molecule has 0 radical (unpaired) electrons. The van der Waals surface area contributed by atoms with Gasteiger partial charge in [0.15, 0.2) is 0 Å². The molecule has 2 heteroatoms. The fourth-order valence-electron chi connectivity index (χ4n) is 3.08. The Balaban J connectivity index is 2.37. The summed E-state index contributed by atoms with van der Waals surface area (Å²) in [5.74, 6) is 0.822. The molecular weight excluding hydrogens is 222 g/mol. The molecular formula is C16H33NO. The lowest BCUT2D eigenvalue weighted by Crippen LogP contribution is -2.47. The third-order valence-electron chi connectivity index (χ3n) is 3.98. The van der Waals surface area contributed by atoms with Gasteiger partial charge in [-0.2, -0.15) is 0 Å². The van der Waals surface area contributed by atoms with Crippen molar-refractivity contribution >= 4 is 0 Å². The summed E-state index contributed by atoms with van der Waals surface area (Å²) >= 11 is 0. The first kappa shape index (κ1) is 16.0. The Morgan fingerprint density at radius 3 is 2.17 bits per heavy atom. The van der Waals surface area contributed by atoms with Crippen LogP contribution in [-0.4, -0.2) is 23.3 Å². The van der Waals surface area contributed by atoms with Gasteiger partial charge in [-0.25, -0.2) is 0 Å². The minimum atomic E-state index is -0.0458. The summed E-state index contributed by atoms with van der Waals surface area (Å²) in [5.41, 5.74) is -0.0331. The predicted molar refractivity (Wildman–Crippen MR) is 78.9 cm³/mol. The van der Waals surface area contributed by atoms with Gasteiger partial charge in [0.2, 0.25) is 0 Å². The van der Waals surface area contributed by atoms with Crippen molar-refractivity contribution in [3.63, 3.8) is 0 Å². The fourth-order valence-corrected chi connectivity index (χ4v) is 3.08. The van der Waals surface area contributed by atoms with Crippen LogP contribution in [0.1, 0.15) is 74.1 Å². The van der Waals surface area contributed by atoms with E-state index in [1.807, 2.05) is 0 Å². The normalized spacial score (nSPS) is 27.7. The topological polar surface area (TPSA) is 21.3 Å². The molecule has 18 heavy (non-hydrogen) atoms. The third-order valence-corrected chi connectivity index (χ3v) is 3.98. The molecule has 1 rings (SSSR count). The Bertz CT molecular complexity index is 258. The largest absolute Gasteiger partial charge is 0.368 e. The number of ether oxygens (including phenoxy) is 1. The van der Waals surface area contributed by atoms with Gasteiger partial charge in [0.25, 0.3) is 0 Å². The van der Waals surface area contributed by atoms with Crippen LogP contribution in [0.4, 0.5) is 0 Å². The summed E-state index contributed by atoms with van der Waals surface area (Å²) in [6.07, 6.45) is 5.03. The average Bonchev–Trinajstić information content (AvgIpc) is 2.33. The highest BCUT2D eigenvalue weighted by Gasteiger charge is 2.45. The molecule has 0 aromatic rings. The molecule has 0 amide bonds. The van der Waals surface area contributed by atoms with Crippen LogP contribution in [0, 0.1) is 5.92 Å². The van der Waals surface area contributed by atoms with Crippen molar-refractivity contribution < 1.29 is 4.74 Å². The first-order valence-corrected chi connectivity index (χ1v) is 7.58. The average molecular weight is 255 g/mol. The van der Waals surface area contributed by atoms with E-state index in [1.165, 1.54) is 19.3 Å². The highest BCUT2D eigenvalue weighted by Crippen LogP contribution is 2.37. The lowest BCUT2D eigenvalue weighted by atomic mass is 9.93. The van der Waals surface area contributed by atoms with E-state index in [2.05, 4.69) is 53.8 Å². The molecule has 1 fully saturated rings. The molecule has 1 heterocycles. The van der Waals surface area contributed by atoms with E-state index < -0.39 is 0 Å². The zero-order valence-corrected chi connectivity index (χ0v) is 13.5. The van der Waals surface area contributed by atoms with Gasteiger partial charge >= 0.3 is 0 Å². The SMILES string of the molecule is CC(C)CCCC(C)NC1CC(C)(C)OC1(C)C. The van der Waals surface area contributed by atoms with Gasteiger partial charge in [-0.3, -0.25) is 0 Å². The lowest BCUT2D eigenvalue weighted by Gasteiger charge is -2.30. The number of nitrogens with one attached hydrogen (secondary N) is 1. The Labute approximate surface area is 114 Å². The maximum atomic E-state index is 6.13. The zero-order chi connectivity index (χ0) is 14.0. The summed E-state index contributed by atoms with van der Waals surface area (Å²) in [4.78, 5) is 0. The van der Waals surface area contributed by atoms with Crippen LogP contribution in [0.2, 0.25) is 0 Å². The number of hydrogen-bond donors (Lipinski definition) is 1. The van der Waals surface area contributed by atoms with E-state index >= 15 is 0 Å². The molecule has 1 aliphatic rings. The van der Waals surface area contributed by atoms with Crippen LogP contribution < -0.4 is 5.32 Å². The quantitative estimate of drug-likeness (QED) is 0.770. The first-order valence-electron chi connectivity index (χ1n) is 7.58. The summed E-state index contributed by atoms with van der Waals surface area (Å²) in [6, 6.07) is 1.06. The van der Waals surface area contributed by atoms with Gasteiger partial charge in [-0.15, -0.1) is 0 Å². The van der Waals surface area contributed by atoms with Crippen LogP contribution in [-0.2, 0) is 4.74 Å². The van der Waals surface area contributed by atoms with Crippen molar-refractivity contribution in [2.75, 3.05) is 0 Å². The molecule has 0 spiro atoms. The summed E-state index contributed by atoms with van der Waals surface area (Å²) in [6.45, 7) is 15.7. The Morgan fingerprint density at radius 1 is 1.11 bits per heavy atom. The third kappa shape index (κ3) is 4.89. The van der Waals surface area contributed by atoms with Crippen molar-refractivity contribution in [1.82, 2.24) is 5.32 Å². The van der Waals surface area contributed by atoms with Gasteiger partial charge in [0.05, 0.1) is 11.2 Å². The van der Waals surface area contributed by atoms with Crippen molar-refractivity contribution in [2.24, 2.45) is 5.92 Å². The maximum Gasteiger partial charge on any atom is 0.0787 e. The predicted octanol–water partition coefficient (Wildman–Crippen LogP) is 4.14. The molecule has 0 bridgehead atoms. The van der Waals surface area contributed by atoms with Crippen molar-refractivity contribution in [2.45, 2.75) is 97.4 Å². The molecule has 1 saturated heterocycles. The highest BCUT2D eigenvalue weighted by molar-refractivity contribution is 4.99. The molecule has 2 atom stereocenters. The van der Waals surface area contributed by atoms with Crippen LogP contribution in [0.5, 0.6) is 0 Å². The van der Waals surface area contributed by atoms with E-state index in [1.54, 1.807) is 0 Å². The monoisotopic (exact) mass is 255 g/mol. The summed E-state index contributed by atoms with van der Waals surface area (Å²) < 4.78 is 6.13. The van der Waals surface area contributed by atoms with Crippen molar-refractivity contribution in [1.29, 1.82) is 0 Å². The van der Waals surface area contributed by atoms with Gasteiger partial charge < -0.3 is 10.1 Å². The molecule has 0 aromatic carbocycles. The zero-order valence-electron chi connectivity index (χ0n) is 13.5. The summed E-state index contributed by atoms with van der Waals surface area (Å²) in [7, 11) is 0. The van der Waals surface area contributed by atoms with Gasteiger partial charge in [-0.05, 0) is 53.4 Å². The standard InChI is InChI=1S/C16H33NO/c1-12(2)9-8-10-13(3)17-14-11-15(4,5)18-16(14,6)7/h12-14,17H,8-11H2,1-7H3. The van der Waals surface area contributed by atoms with E-state index in [0.717, 1.165) is 12.3 Å². The molecule has 2 nitrogen and oxygen atoms in total. The Morgan fingerprint density at radius 2 is 1.72 bits per heavy atom. The second kappa shape index (κ2) is 5.92. The van der Waals surface area contributed by atoms with Crippen LogP contribution in [0.25, 0.3) is 0 Å². The van der Waals surface area contributed by atoms with Crippen molar-refractivity contribution in [3.8, 4) is 0 Å². The van der Waals surface area contributed by atoms with Crippen LogP contribution in [0.15, 0.2) is 0 Å². The van der Waals surface area contributed by atoms with E-state index in [0.29, 0.717) is 12.1 Å². The molecule has 1 N–H and O–H groups in total. The van der Waals surface area contributed by atoms with Crippen LogP contribution in [0.3, 0.4) is 0 Å². The second-order valence-electron chi connectivity index (χ2n) is 7.61. The van der Waals surface area contributed by atoms with E-state index in [-0.39, 0.29) is 11.2 Å².